The molecule has 0 heterocycles. The molecule has 0 aromatic heterocycles. The fraction of sp³-hybridized carbons (Fsp3) is 0.943. The quantitative estimate of drug-likeness (QED) is 0.0612. The Balaban J connectivity index is 3.52. The fourth-order valence-corrected chi connectivity index (χ4v) is 5.22. The van der Waals surface area contributed by atoms with Crippen LogP contribution in [-0.4, -0.2) is 43.0 Å². The van der Waals surface area contributed by atoms with Gasteiger partial charge < -0.3 is 14.6 Å². The fourth-order valence-electron chi connectivity index (χ4n) is 5.22. The average molecular weight is 587 g/mol. The van der Waals surface area contributed by atoms with E-state index in [0.29, 0.717) is 12.8 Å². The number of carbonyl (C=O) groups is 2. The molecular weight excluding hydrogens is 519 g/mol. The number of unbranched alkanes of at least 4 members (excludes halogenated alkanes) is 24. The number of hydrogen-bond donors (Lipinski definition) is 1. The van der Waals surface area contributed by atoms with Crippen molar-refractivity contribution in [2.45, 2.75) is 193 Å². The molecule has 0 saturated carbocycles. The Morgan fingerprint density at radius 3 is 1.24 bits per heavy atom. The molecule has 5 nitrogen and oxygen atoms in total. The maximum absolute atomic E-state index is 12.1. The molecule has 0 radical (unpaired) electrons. The van der Waals surface area contributed by atoms with Crippen molar-refractivity contribution in [3.05, 3.63) is 0 Å². The van der Waals surface area contributed by atoms with E-state index in [1.54, 1.807) is 0 Å². The van der Waals surface area contributed by atoms with Gasteiger partial charge in [0.2, 0.25) is 0 Å². The Kier molecular flexibility index (Phi) is 32.4. The molecule has 1 N–H and O–H groups in total. The topological polar surface area (TPSA) is 72.8 Å². The van der Waals surface area contributed by atoms with E-state index in [1.165, 1.54) is 109 Å². The van der Waals surface area contributed by atoms with E-state index >= 15 is 0 Å². The van der Waals surface area contributed by atoms with E-state index in [2.05, 4.69) is 6.92 Å². The first-order chi connectivity index (χ1) is 20.1. The monoisotopic (exact) mass is 586 g/mol. The summed E-state index contributed by atoms with van der Waals surface area (Å²) in [4.78, 5) is 24.1. The van der Waals surface area contributed by atoms with Gasteiger partial charge in [-0.2, -0.15) is 0 Å². The molecule has 0 saturated heterocycles. The maximum atomic E-state index is 12.1. The molecule has 0 aliphatic carbocycles. The van der Waals surface area contributed by atoms with Gasteiger partial charge in [0, 0.05) is 12.8 Å². The molecule has 6 heteroatoms. The normalized spacial score (nSPS) is 12.0. The summed E-state index contributed by atoms with van der Waals surface area (Å²) < 4.78 is 22.6. The van der Waals surface area contributed by atoms with Gasteiger partial charge in [-0.1, -0.05) is 155 Å². The van der Waals surface area contributed by atoms with E-state index < -0.39 is 6.10 Å². The number of carbonyl (C=O) groups excluding carboxylic acids is 2. The largest absolute Gasteiger partial charge is 0.462 e. The van der Waals surface area contributed by atoms with Gasteiger partial charge in [0.15, 0.2) is 6.10 Å². The van der Waals surface area contributed by atoms with Gasteiger partial charge in [-0.05, 0) is 19.3 Å². The molecule has 41 heavy (non-hydrogen) atoms. The van der Waals surface area contributed by atoms with Gasteiger partial charge in [-0.15, -0.1) is 0 Å². The summed E-state index contributed by atoms with van der Waals surface area (Å²) in [5.74, 6) is -0.612. The minimum atomic E-state index is -0.776. The lowest BCUT2D eigenvalue weighted by atomic mass is 10.0. The number of hydrogen-bond acceptors (Lipinski definition) is 5. The van der Waals surface area contributed by atoms with Crippen LogP contribution in [0.15, 0.2) is 0 Å². The standard InChI is InChI=1S/C35H67FO5/c1-2-3-4-5-6-7-8-10-13-16-19-22-25-28-34(38)40-32-33(31-37)41-35(39)29-26-23-20-17-14-11-9-12-15-18-21-24-27-30-36/h33,37H,2-32H2,1H3/t33-/m0/s1. The minimum absolute atomic E-state index is 0.0723. The lowest BCUT2D eigenvalue weighted by Crippen LogP contribution is -2.28. The van der Waals surface area contributed by atoms with Crippen molar-refractivity contribution < 1.29 is 28.6 Å². The second-order valence-electron chi connectivity index (χ2n) is 12.0. The molecule has 1 atom stereocenters. The lowest BCUT2D eigenvalue weighted by Gasteiger charge is -2.15. The van der Waals surface area contributed by atoms with Crippen LogP contribution in [0.25, 0.3) is 0 Å². The van der Waals surface area contributed by atoms with Crippen LogP contribution < -0.4 is 0 Å². The number of esters is 2. The van der Waals surface area contributed by atoms with Gasteiger partial charge >= 0.3 is 11.9 Å². The number of alkyl halides is 1. The van der Waals surface area contributed by atoms with Crippen LogP contribution in [0.5, 0.6) is 0 Å². The van der Waals surface area contributed by atoms with Crippen molar-refractivity contribution in [2.24, 2.45) is 0 Å². The van der Waals surface area contributed by atoms with Gasteiger partial charge in [-0.3, -0.25) is 14.0 Å². The number of ether oxygens (including phenoxy) is 2. The highest BCUT2D eigenvalue weighted by molar-refractivity contribution is 5.70. The van der Waals surface area contributed by atoms with E-state index in [-0.39, 0.29) is 31.8 Å². The van der Waals surface area contributed by atoms with E-state index in [4.69, 9.17) is 9.47 Å². The summed E-state index contributed by atoms with van der Waals surface area (Å²) >= 11 is 0. The molecular formula is C35H67FO5. The van der Waals surface area contributed by atoms with Crippen LogP contribution in [0.4, 0.5) is 4.39 Å². The molecule has 244 valence electrons. The molecule has 0 aromatic carbocycles. The molecule has 0 aliphatic rings. The Bertz CT molecular complexity index is 557. The zero-order valence-electron chi connectivity index (χ0n) is 27.0. The van der Waals surface area contributed by atoms with Crippen molar-refractivity contribution in [2.75, 3.05) is 19.9 Å². The Labute approximate surface area is 253 Å². The van der Waals surface area contributed by atoms with E-state index in [0.717, 1.165) is 57.8 Å². The van der Waals surface area contributed by atoms with Crippen molar-refractivity contribution in [1.82, 2.24) is 0 Å². The molecule has 0 fully saturated rings. The summed E-state index contributed by atoms with van der Waals surface area (Å²) in [6.07, 6.45) is 30.9. The molecule has 0 unspecified atom stereocenters. The SMILES string of the molecule is CCCCCCCCCCCCCCCC(=O)OC[C@H](CO)OC(=O)CCCCCCCCCCCCCCCF. The molecule has 0 rings (SSSR count). The zero-order valence-corrected chi connectivity index (χ0v) is 27.0. The van der Waals surface area contributed by atoms with Crippen LogP contribution in [0.2, 0.25) is 0 Å². The second-order valence-corrected chi connectivity index (χ2v) is 12.0. The molecule has 0 amide bonds. The first-order valence-corrected chi connectivity index (χ1v) is 17.7. The Hall–Kier alpha value is -1.17. The highest BCUT2D eigenvalue weighted by Crippen LogP contribution is 2.15. The number of rotatable bonds is 33. The highest BCUT2D eigenvalue weighted by atomic mass is 19.1. The van der Waals surface area contributed by atoms with Crippen LogP contribution in [0.1, 0.15) is 187 Å². The maximum Gasteiger partial charge on any atom is 0.306 e. The summed E-state index contributed by atoms with van der Waals surface area (Å²) in [5, 5.41) is 9.50. The van der Waals surface area contributed by atoms with Crippen LogP contribution in [0.3, 0.4) is 0 Å². The molecule has 0 spiro atoms. The summed E-state index contributed by atoms with van der Waals surface area (Å²) in [5.41, 5.74) is 0. The van der Waals surface area contributed by atoms with E-state index in [9.17, 15) is 19.1 Å². The van der Waals surface area contributed by atoms with Gasteiger partial charge in [0.25, 0.3) is 0 Å². The minimum Gasteiger partial charge on any atom is -0.462 e. The lowest BCUT2D eigenvalue weighted by molar-refractivity contribution is -0.161. The second kappa shape index (κ2) is 33.3. The summed E-state index contributed by atoms with van der Waals surface area (Å²) in [7, 11) is 0. The molecule has 0 aromatic rings. The Morgan fingerprint density at radius 1 is 0.537 bits per heavy atom. The number of aliphatic hydroxyl groups is 1. The van der Waals surface area contributed by atoms with Crippen molar-refractivity contribution in [1.29, 1.82) is 0 Å². The summed E-state index contributed by atoms with van der Waals surface area (Å²) in [6, 6.07) is 0. The van der Waals surface area contributed by atoms with E-state index in [1.807, 2.05) is 0 Å². The molecule has 0 aliphatic heterocycles. The highest BCUT2D eigenvalue weighted by Gasteiger charge is 2.16. The predicted molar refractivity (Wildman–Crippen MR) is 169 cm³/mol. The molecule has 0 bridgehead atoms. The zero-order chi connectivity index (χ0) is 30.1. The Morgan fingerprint density at radius 2 is 0.878 bits per heavy atom. The third kappa shape index (κ3) is 31.6. The summed E-state index contributed by atoms with van der Waals surface area (Å²) in [6.45, 7) is 1.67. The van der Waals surface area contributed by atoms with Gasteiger partial charge in [-0.25, -0.2) is 0 Å². The number of halogens is 1. The van der Waals surface area contributed by atoms with Gasteiger partial charge in [0.1, 0.15) is 6.61 Å². The third-order valence-electron chi connectivity index (χ3n) is 7.93. The van der Waals surface area contributed by atoms with Crippen molar-refractivity contribution in [3.8, 4) is 0 Å². The van der Waals surface area contributed by atoms with Crippen molar-refractivity contribution in [3.63, 3.8) is 0 Å². The van der Waals surface area contributed by atoms with Gasteiger partial charge in [0.05, 0.1) is 13.3 Å². The smallest absolute Gasteiger partial charge is 0.306 e. The first-order valence-electron chi connectivity index (χ1n) is 17.7. The number of aliphatic hydroxyl groups excluding tert-OH is 1. The van der Waals surface area contributed by atoms with Crippen LogP contribution >= 0.6 is 0 Å². The third-order valence-corrected chi connectivity index (χ3v) is 7.93. The average Bonchev–Trinajstić information content (AvgIpc) is 2.97. The van der Waals surface area contributed by atoms with Crippen LogP contribution in [-0.2, 0) is 19.1 Å². The predicted octanol–water partition coefficient (Wildman–Crippen LogP) is 10.3. The first kappa shape index (κ1) is 39.8. The van der Waals surface area contributed by atoms with Crippen molar-refractivity contribution >= 4 is 11.9 Å². The van der Waals surface area contributed by atoms with Crippen LogP contribution in [0, 0.1) is 0 Å².